The topological polar surface area (TPSA) is 52.6 Å². The molecule has 1 rings (SSSR count). The number of ether oxygens (including phenoxy) is 2. The zero-order valence-electron chi connectivity index (χ0n) is 9.33. The predicted octanol–water partition coefficient (Wildman–Crippen LogP) is 1.59. The number of carbonyl (C=O) groups is 2. The summed E-state index contributed by atoms with van der Waals surface area (Å²) in [4.78, 5) is 22.9. The van der Waals surface area contributed by atoms with E-state index in [1.54, 1.807) is 20.8 Å². The SMILES string of the molecule is CC(C)(C)OC(=O)C(=O)C1=COCCC1. The summed E-state index contributed by atoms with van der Waals surface area (Å²) < 4.78 is 9.96. The van der Waals surface area contributed by atoms with E-state index in [2.05, 4.69) is 0 Å². The highest BCUT2D eigenvalue weighted by Crippen LogP contribution is 2.15. The van der Waals surface area contributed by atoms with E-state index in [0.717, 1.165) is 6.42 Å². The second-order valence-electron chi connectivity index (χ2n) is 4.45. The van der Waals surface area contributed by atoms with Gasteiger partial charge in [0.25, 0.3) is 5.78 Å². The standard InChI is InChI=1S/C11H16O4/c1-11(2,3)15-10(13)9(12)8-5-4-6-14-7-8/h7H,4-6H2,1-3H3. The number of Topliss-reactive ketones (excluding diaryl/α,β-unsaturated/α-hetero) is 1. The first kappa shape index (κ1) is 11.8. The molecule has 0 fully saturated rings. The maximum atomic E-state index is 11.6. The average Bonchev–Trinajstić information content (AvgIpc) is 2.15. The second kappa shape index (κ2) is 4.47. The van der Waals surface area contributed by atoms with E-state index in [1.165, 1.54) is 6.26 Å². The molecule has 0 amide bonds. The van der Waals surface area contributed by atoms with Crippen LogP contribution in [0.4, 0.5) is 0 Å². The Hall–Kier alpha value is -1.32. The van der Waals surface area contributed by atoms with E-state index in [0.29, 0.717) is 18.6 Å². The van der Waals surface area contributed by atoms with Crippen LogP contribution in [0.1, 0.15) is 33.6 Å². The van der Waals surface area contributed by atoms with Crippen LogP contribution in [0.15, 0.2) is 11.8 Å². The van der Waals surface area contributed by atoms with E-state index in [1.807, 2.05) is 0 Å². The van der Waals surface area contributed by atoms with Crippen LogP contribution in [-0.2, 0) is 19.1 Å². The van der Waals surface area contributed by atoms with Crippen molar-refractivity contribution in [2.45, 2.75) is 39.2 Å². The van der Waals surface area contributed by atoms with Crippen LogP contribution < -0.4 is 0 Å². The van der Waals surface area contributed by atoms with Gasteiger partial charge in [-0.2, -0.15) is 0 Å². The van der Waals surface area contributed by atoms with Gasteiger partial charge in [0.1, 0.15) is 5.60 Å². The molecule has 15 heavy (non-hydrogen) atoms. The van der Waals surface area contributed by atoms with E-state index in [-0.39, 0.29) is 0 Å². The molecule has 1 aliphatic heterocycles. The van der Waals surface area contributed by atoms with Crippen LogP contribution in [0, 0.1) is 0 Å². The highest BCUT2D eigenvalue weighted by Gasteiger charge is 2.26. The fraction of sp³-hybridized carbons (Fsp3) is 0.636. The zero-order chi connectivity index (χ0) is 11.5. The Kier molecular flexibility index (Phi) is 3.50. The molecule has 0 radical (unpaired) electrons. The highest BCUT2D eigenvalue weighted by molar-refractivity contribution is 6.40. The molecule has 0 N–H and O–H groups in total. The summed E-state index contributed by atoms with van der Waals surface area (Å²) in [6.07, 6.45) is 2.70. The van der Waals surface area contributed by atoms with Crippen molar-refractivity contribution in [3.05, 3.63) is 11.8 Å². The molecule has 0 aromatic carbocycles. The van der Waals surface area contributed by atoms with E-state index in [9.17, 15) is 9.59 Å². The van der Waals surface area contributed by atoms with Crippen LogP contribution in [0.3, 0.4) is 0 Å². The van der Waals surface area contributed by atoms with E-state index >= 15 is 0 Å². The molecule has 0 aromatic rings. The number of hydrogen-bond donors (Lipinski definition) is 0. The molecule has 1 aliphatic rings. The normalized spacial score (nSPS) is 16.3. The molecule has 0 spiro atoms. The van der Waals surface area contributed by atoms with Gasteiger partial charge in [0, 0.05) is 5.57 Å². The Morgan fingerprint density at radius 2 is 2.07 bits per heavy atom. The van der Waals surface area contributed by atoms with Crippen LogP contribution >= 0.6 is 0 Å². The summed E-state index contributed by atoms with van der Waals surface area (Å²) in [5, 5.41) is 0. The molecule has 0 saturated carbocycles. The van der Waals surface area contributed by atoms with E-state index < -0.39 is 17.4 Å². The summed E-state index contributed by atoms with van der Waals surface area (Å²) in [6, 6.07) is 0. The van der Waals surface area contributed by atoms with Crippen molar-refractivity contribution in [2.24, 2.45) is 0 Å². The first-order valence-electron chi connectivity index (χ1n) is 4.98. The van der Waals surface area contributed by atoms with Crippen molar-refractivity contribution < 1.29 is 19.1 Å². The number of rotatable bonds is 2. The van der Waals surface area contributed by atoms with Crippen molar-refractivity contribution >= 4 is 11.8 Å². The molecular formula is C11H16O4. The van der Waals surface area contributed by atoms with Gasteiger partial charge in [-0.3, -0.25) is 4.79 Å². The van der Waals surface area contributed by atoms with Gasteiger partial charge in [0.15, 0.2) is 0 Å². The second-order valence-corrected chi connectivity index (χ2v) is 4.45. The molecule has 0 bridgehead atoms. The fourth-order valence-corrected chi connectivity index (χ4v) is 1.19. The molecular weight excluding hydrogens is 196 g/mol. The smallest absolute Gasteiger partial charge is 0.379 e. The van der Waals surface area contributed by atoms with Crippen LogP contribution in [0.2, 0.25) is 0 Å². The Balaban J connectivity index is 2.60. The van der Waals surface area contributed by atoms with Crippen LogP contribution in [-0.4, -0.2) is 24.0 Å². The number of carbonyl (C=O) groups excluding carboxylic acids is 2. The molecule has 0 saturated heterocycles. The highest BCUT2D eigenvalue weighted by atomic mass is 16.6. The Labute approximate surface area is 89.2 Å². The molecule has 4 nitrogen and oxygen atoms in total. The monoisotopic (exact) mass is 212 g/mol. The van der Waals surface area contributed by atoms with Gasteiger partial charge < -0.3 is 9.47 Å². The Bertz CT molecular complexity index is 296. The maximum Gasteiger partial charge on any atom is 0.379 e. The molecule has 0 aliphatic carbocycles. The third-order valence-corrected chi connectivity index (χ3v) is 1.81. The summed E-state index contributed by atoms with van der Waals surface area (Å²) >= 11 is 0. The molecule has 4 heteroatoms. The van der Waals surface area contributed by atoms with Crippen molar-refractivity contribution in [3.63, 3.8) is 0 Å². The average molecular weight is 212 g/mol. The lowest BCUT2D eigenvalue weighted by atomic mass is 10.1. The lowest BCUT2D eigenvalue weighted by Gasteiger charge is -2.19. The molecule has 1 heterocycles. The van der Waals surface area contributed by atoms with Crippen molar-refractivity contribution in [3.8, 4) is 0 Å². The van der Waals surface area contributed by atoms with Gasteiger partial charge in [-0.1, -0.05) is 0 Å². The zero-order valence-corrected chi connectivity index (χ0v) is 9.33. The van der Waals surface area contributed by atoms with Gasteiger partial charge in [0.2, 0.25) is 0 Å². The van der Waals surface area contributed by atoms with Crippen molar-refractivity contribution in [1.29, 1.82) is 0 Å². The molecule has 0 unspecified atom stereocenters. The third-order valence-electron chi connectivity index (χ3n) is 1.81. The first-order valence-corrected chi connectivity index (χ1v) is 4.98. The molecule has 84 valence electrons. The number of esters is 1. The van der Waals surface area contributed by atoms with Crippen LogP contribution in [0.25, 0.3) is 0 Å². The summed E-state index contributed by atoms with van der Waals surface area (Å²) in [5.74, 6) is -1.40. The Morgan fingerprint density at radius 1 is 1.40 bits per heavy atom. The molecule has 0 aromatic heterocycles. The van der Waals surface area contributed by atoms with E-state index in [4.69, 9.17) is 9.47 Å². The lowest BCUT2D eigenvalue weighted by Crippen LogP contribution is -2.30. The number of ketones is 1. The lowest BCUT2D eigenvalue weighted by molar-refractivity contribution is -0.161. The van der Waals surface area contributed by atoms with Crippen molar-refractivity contribution in [1.82, 2.24) is 0 Å². The third kappa shape index (κ3) is 3.73. The van der Waals surface area contributed by atoms with Gasteiger partial charge in [-0.15, -0.1) is 0 Å². The van der Waals surface area contributed by atoms with Crippen molar-refractivity contribution in [2.75, 3.05) is 6.61 Å². The minimum absolute atomic E-state index is 0.399. The van der Waals surface area contributed by atoms with Gasteiger partial charge in [0.05, 0.1) is 12.9 Å². The van der Waals surface area contributed by atoms with Gasteiger partial charge >= 0.3 is 5.97 Å². The van der Waals surface area contributed by atoms with Crippen LogP contribution in [0.5, 0.6) is 0 Å². The quantitative estimate of drug-likeness (QED) is 0.515. The maximum absolute atomic E-state index is 11.6. The first-order chi connectivity index (χ1) is 6.90. The minimum atomic E-state index is -0.806. The van der Waals surface area contributed by atoms with Gasteiger partial charge in [-0.05, 0) is 33.6 Å². The fourth-order valence-electron chi connectivity index (χ4n) is 1.19. The molecule has 0 atom stereocenters. The predicted molar refractivity (Wildman–Crippen MR) is 54.1 cm³/mol. The summed E-state index contributed by atoms with van der Waals surface area (Å²) in [5.41, 5.74) is -0.237. The largest absolute Gasteiger partial charge is 0.501 e. The van der Waals surface area contributed by atoms with Gasteiger partial charge in [-0.25, -0.2) is 4.79 Å². The number of hydrogen-bond acceptors (Lipinski definition) is 4. The summed E-state index contributed by atoms with van der Waals surface area (Å²) in [6.45, 7) is 5.78. The minimum Gasteiger partial charge on any atom is -0.501 e. The Morgan fingerprint density at radius 3 is 2.53 bits per heavy atom. The summed E-state index contributed by atoms with van der Waals surface area (Å²) in [7, 11) is 0.